The monoisotopic (exact) mass is 263 g/mol. The minimum absolute atomic E-state index is 0.623. The van der Waals surface area contributed by atoms with Gasteiger partial charge in [0.25, 0.3) is 0 Å². The van der Waals surface area contributed by atoms with Gasteiger partial charge < -0.3 is 15.0 Å². The van der Waals surface area contributed by atoms with Crippen LogP contribution in [0.3, 0.4) is 0 Å². The zero-order valence-corrected chi connectivity index (χ0v) is 12.1. The Bertz CT molecular complexity index is 375. The van der Waals surface area contributed by atoms with Crippen LogP contribution in [0.2, 0.25) is 0 Å². The third kappa shape index (κ3) is 4.18. The fourth-order valence-corrected chi connectivity index (χ4v) is 2.67. The Morgan fingerprint density at radius 2 is 2.21 bits per heavy atom. The summed E-state index contributed by atoms with van der Waals surface area (Å²) >= 11 is 0. The molecule has 0 spiro atoms. The minimum atomic E-state index is 0.623. The number of hydrogen-bond donors (Lipinski definition) is 1. The number of hydrogen-bond acceptors (Lipinski definition) is 4. The Labute approximate surface area is 116 Å². The maximum atomic E-state index is 5.27. The molecule has 4 heteroatoms. The highest BCUT2D eigenvalue weighted by Gasteiger charge is 2.18. The second-order valence-corrected chi connectivity index (χ2v) is 5.17. The zero-order chi connectivity index (χ0) is 13.5. The molecule has 19 heavy (non-hydrogen) atoms. The molecule has 1 N–H and O–H groups in total. The SMILES string of the molecule is CCCN1CCC(NCc2cccnc2OC)CC1. The largest absolute Gasteiger partial charge is 0.481 e. The summed E-state index contributed by atoms with van der Waals surface area (Å²) in [6.45, 7) is 6.77. The Morgan fingerprint density at radius 3 is 2.89 bits per heavy atom. The van der Waals surface area contributed by atoms with E-state index in [1.807, 2.05) is 6.07 Å². The molecule has 1 aromatic rings. The first-order valence-electron chi connectivity index (χ1n) is 7.27. The van der Waals surface area contributed by atoms with E-state index in [1.165, 1.54) is 38.9 Å². The van der Waals surface area contributed by atoms with Gasteiger partial charge in [-0.3, -0.25) is 0 Å². The van der Waals surface area contributed by atoms with E-state index in [2.05, 4.69) is 28.2 Å². The van der Waals surface area contributed by atoms with Crippen LogP contribution in [0.5, 0.6) is 5.88 Å². The molecular weight excluding hydrogens is 238 g/mol. The molecule has 1 aliphatic rings. The normalized spacial score (nSPS) is 17.6. The van der Waals surface area contributed by atoms with Crippen molar-refractivity contribution in [1.82, 2.24) is 15.2 Å². The average molecular weight is 263 g/mol. The summed E-state index contributed by atoms with van der Waals surface area (Å²) in [5.41, 5.74) is 1.14. The Hall–Kier alpha value is -1.13. The fourth-order valence-electron chi connectivity index (χ4n) is 2.67. The molecule has 0 aliphatic carbocycles. The number of ether oxygens (including phenoxy) is 1. The molecule has 0 saturated carbocycles. The van der Waals surface area contributed by atoms with Crippen LogP contribution in [0.15, 0.2) is 18.3 Å². The molecule has 1 aliphatic heterocycles. The lowest BCUT2D eigenvalue weighted by Crippen LogP contribution is -2.42. The van der Waals surface area contributed by atoms with Crippen molar-refractivity contribution in [2.75, 3.05) is 26.7 Å². The zero-order valence-electron chi connectivity index (χ0n) is 12.1. The van der Waals surface area contributed by atoms with Crippen LogP contribution in [0, 0.1) is 0 Å². The van der Waals surface area contributed by atoms with E-state index in [1.54, 1.807) is 13.3 Å². The number of rotatable bonds is 6. The predicted octanol–water partition coefficient (Wildman–Crippen LogP) is 2.05. The molecule has 4 nitrogen and oxygen atoms in total. The Balaban J connectivity index is 1.77. The van der Waals surface area contributed by atoms with Crippen LogP contribution in [0.1, 0.15) is 31.7 Å². The van der Waals surface area contributed by atoms with E-state index < -0.39 is 0 Å². The van der Waals surface area contributed by atoms with Gasteiger partial charge in [0.15, 0.2) is 0 Å². The highest BCUT2D eigenvalue weighted by Crippen LogP contribution is 2.15. The van der Waals surface area contributed by atoms with Crippen LogP contribution in [-0.4, -0.2) is 42.7 Å². The molecule has 106 valence electrons. The van der Waals surface area contributed by atoms with Gasteiger partial charge in [0, 0.05) is 24.3 Å². The molecular formula is C15H25N3O. The summed E-state index contributed by atoms with van der Waals surface area (Å²) < 4.78 is 5.27. The Morgan fingerprint density at radius 1 is 1.42 bits per heavy atom. The topological polar surface area (TPSA) is 37.4 Å². The summed E-state index contributed by atoms with van der Waals surface area (Å²) in [6, 6.07) is 4.66. The molecule has 2 heterocycles. The molecule has 1 saturated heterocycles. The van der Waals surface area contributed by atoms with Gasteiger partial charge in [0.1, 0.15) is 0 Å². The highest BCUT2D eigenvalue weighted by atomic mass is 16.5. The Kier molecular flexibility index (Phi) is 5.61. The predicted molar refractivity (Wildman–Crippen MR) is 77.4 cm³/mol. The van der Waals surface area contributed by atoms with Crippen LogP contribution in [0.4, 0.5) is 0 Å². The second kappa shape index (κ2) is 7.46. The average Bonchev–Trinajstić information content (AvgIpc) is 2.47. The van der Waals surface area contributed by atoms with Crippen molar-refractivity contribution < 1.29 is 4.74 Å². The molecule has 2 rings (SSSR count). The molecule has 0 radical (unpaired) electrons. The number of piperidine rings is 1. The summed E-state index contributed by atoms with van der Waals surface area (Å²) in [5, 5.41) is 3.63. The third-order valence-corrected chi connectivity index (χ3v) is 3.75. The molecule has 0 unspecified atom stereocenters. The number of likely N-dealkylation sites (tertiary alicyclic amines) is 1. The highest BCUT2D eigenvalue weighted by molar-refractivity contribution is 5.25. The van der Waals surface area contributed by atoms with E-state index in [-0.39, 0.29) is 0 Å². The van der Waals surface area contributed by atoms with Crippen molar-refractivity contribution >= 4 is 0 Å². The molecule has 1 aromatic heterocycles. The van der Waals surface area contributed by atoms with Gasteiger partial charge in [-0.2, -0.15) is 0 Å². The van der Waals surface area contributed by atoms with Crippen LogP contribution < -0.4 is 10.1 Å². The first-order chi connectivity index (χ1) is 9.33. The number of nitrogens with zero attached hydrogens (tertiary/aromatic N) is 2. The number of pyridine rings is 1. The standard InChI is InChI=1S/C15H25N3O/c1-3-9-18-10-6-14(7-11-18)17-12-13-5-4-8-16-15(13)19-2/h4-5,8,14,17H,3,6-7,9-12H2,1-2H3. The van der Waals surface area contributed by atoms with Crippen molar-refractivity contribution in [2.45, 2.75) is 38.8 Å². The fraction of sp³-hybridized carbons (Fsp3) is 0.667. The van der Waals surface area contributed by atoms with Gasteiger partial charge in [-0.05, 0) is 45.0 Å². The molecule has 0 aromatic carbocycles. The van der Waals surface area contributed by atoms with E-state index in [0.717, 1.165) is 18.0 Å². The molecule has 0 amide bonds. The van der Waals surface area contributed by atoms with Gasteiger partial charge in [0.2, 0.25) is 5.88 Å². The van der Waals surface area contributed by atoms with Crippen molar-refractivity contribution in [2.24, 2.45) is 0 Å². The van der Waals surface area contributed by atoms with Crippen molar-refractivity contribution in [3.8, 4) is 5.88 Å². The van der Waals surface area contributed by atoms with Crippen LogP contribution in [-0.2, 0) is 6.54 Å². The van der Waals surface area contributed by atoms with E-state index in [9.17, 15) is 0 Å². The molecule has 0 atom stereocenters. The van der Waals surface area contributed by atoms with Crippen LogP contribution >= 0.6 is 0 Å². The lowest BCUT2D eigenvalue weighted by Gasteiger charge is -2.32. The lowest BCUT2D eigenvalue weighted by atomic mass is 10.0. The van der Waals surface area contributed by atoms with Gasteiger partial charge in [-0.1, -0.05) is 13.0 Å². The van der Waals surface area contributed by atoms with E-state index in [0.29, 0.717) is 6.04 Å². The van der Waals surface area contributed by atoms with Gasteiger partial charge >= 0.3 is 0 Å². The minimum Gasteiger partial charge on any atom is -0.481 e. The molecule has 0 bridgehead atoms. The quantitative estimate of drug-likeness (QED) is 0.852. The smallest absolute Gasteiger partial charge is 0.217 e. The van der Waals surface area contributed by atoms with Crippen molar-refractivity contribution in [3.05, 3.63) is 23.9 Å². The van der Waals surface area contributed by atoms with Crippen molar-refractivity contribution in [3.63, 3.8) is 0 Å². The molecule has 1 fully saturated rings. The van der Waals surface area contributed by atoms with Gasteiger partial charge in [-0.15, -0.1) is 0 Å². The second-order valence-electron chi connectivity index (χ2n) is 5.17. The first kappa shape index (κ1) is 14.3. The first-order valence-corrected chi connectivity index (χ1v) is 7.27. The summed E-state index contributed by atoms with van der Waals surface area (Å²) in [5.74, 6) is 0.735. The van der Waals surface area contributed by atoms with Crippen LogP contribution in [0.25, 0.3) is 0 Å². The number of nitrogens with one attached hydrogen (secondary N) is 1. The maximum absolute atomic E-state index is 5.27. The number of aromatic nitrogens is 1. The van der Waals surface area contributed by atoms with Gasteiger partial charge in [0.05, 0.1) is 7.11 Å². The lowest BCUT2D eigenvalue weighted by molar-refractivity contribution is 0.197. The summed E-state index contributed by atoms with van der Waals surface area (Å²) in [7, 11) is 1.68. The van der Waals surface area contributed by atoms with E-state index in [4.69, 9.17) is 4.74 Å². The van der Waals surface area contributed by atoms with Crippen molar-refractivity contribution in [1.29, 1.82) is 0 Å². The van der Waals surface area contributed by atoms with Gasteiger partial charge in [-0.25, -0.2) is 4.98 Å². The summed E-state index contributed by atoms with van der Waals surface area (Å²) in [4.78, 5) is 6.79. The number of methoxy groups -OCH3 is 1. The maximum Gasteiger partial charge on any atom is 0.217 e. The third-order valence-electron chi connectivity index (χ3n) is 3.75. The summed E-state index contributed by atoms with van der Waals surface area (Å²) in [6.07, 6.45) is 5.50. The van der Waals surface area contributed by atoms with E-state index >= 15 is 0 Å².